The number of hydrogen-bond donors (Lipinski definition) is 2. The monoisotopic (exact) mass is 540 g/mol. The summed E-state index contributed by atoms with van der Waals surface area (Å²) in [6.07, 6.45) is 0.271. The summed E-state index contributed by atoms with van der Waals surface area (Å²) >= 11 is 13.2. The lowest BCUT2D eigenvalue weighted by Gasteiger charge is -2.18. The minimum absolute atomic E-state index is 0.174. The second kappa shape index (κ2) is 10.5. The zero-order chi connectivity index (χ0) is 25.1. The summed E-state index contributed by atoms with van der Waals surface area (Å²) in [7, 11) is 0. The summed E-state index contributed by atoms with van der Waals surface area (Å²) in [5.41, 5.74) is 1.95. The molecule has 8 nitrogen and oxygen atoms in total. The lowest BCUT2D eigenvalue weighted by molar-refractivity contribution is -0.118. The van der Waals surface area contributed by atoms with Crippen LogP contribution < -0.4 is 20.1 Å². The minimum Gasteiger partial charge on any atom is -0.454 e. The molecule has 3 aromatic carbocycles. The summed E-state index contributed by atoms with van der Waals surface area (Å²) in [6, 6.07) is 18.5. The highest BCUT2D eigenvalue weighted by Crippen LogP contribution is 2.37. The van der Waals surface area contributed by atoms with Gasteiger partial charge in [-0.2, -0.15) is 0 Å². The van der Waals surface area contributed by atoms with Gasteiger partial charge in [0.15, 0.2) is 11.5 Å². The predicted molar refractivity (Wildman–Crippen MR) is 138 cm³/mol. The van der Waals surface area contributed by atoms with Crippen molar-refractivity contribution in [1.29, 1.82) is 0 Å². The van der Waals surface area contributed by atoms with Crippen LogP contribution in [0.3, 0.4) is 0 Å². The van der Waals surface area contributed by atoms with E-state index in [4.69, 9.17) is 32.7 Å². The first-order chi connectivity index (χ1) is 17.5. The first-order valence-corrected chi connectivity index (χ1v) is 12.4. The second-order valence-electron chi connectivity index (χ2n) is 7.81. The minimum atomic E-state index is -0.882. The van der Waals surface area contributed by atoms with Crippen molar-refractivity contribution in [2.75, 3.05) is 12.1 Å². The molecule has 1 atom stereocenters. The third-order valence-electron chi connectivity index (χ3n) is 5.36. The maximum Gasteiger partial charge on any atom is 0.251 e. The number of halogens is 2. The topological polar surface area (TPSA) is 102 Å². The van der Waals surface area contributed by atoms with E-state index in [0.717, 1.165) is 11.1 Å². The van der Waals surface area contributed by atoms with Crippen LogP contribution >= 0.6 is 34.5 Å². The Morgan fingerprint density at radius 1 is 0.944 bits per heavy atom. The Morgan fingerprint density at radius 3 is 2.56 bits per heavy atom. The number of nitrogens with one attached hydrogen (secondary N) is 2. The average Bonchev–Trinajstić information content (AvgIpc) is 3.55. The number of fused-ring (bicyclic) bond motifs is 1. The molecule has 182 valence electrons. The number of benzene rings is 3. The molecule has 0 saturated heterocycles. The molecule has 2 heterocycles. The Hall–Kier alpha value is -3.66. The van der Waals surface area contributed by atoms with E-state index >= 15 is 0 Å². The van der Waals surface area contributed by atoms with Gasteiger partial charge in [0.2, 0.25) is 17.8 Å². The molecule has 0 radical (unpaired) electrons. The number of carbonyl (C=O) groups excluding carboxylic acids is 2. The van der Waals surface area contributed by atoms with E-state index in [0.29, 0.717) is 26.7 Å². The standard InChI is InChI=1S/C25H18Cl2N4O4S/c26-17-8-6-15(11-18(17)27)22(32)28-19(10-14-4-2-1-3-5-14)23(33)29-25-31-30-24(36-25)16-7-9-20-21(12-16)35-13-34-20/h1-9,11-12,19H,10,13H2,(H,28,32)(H,29,31,33). The molecule has 4 aromatic rings. The zero-order valence-electron chi connectivity index (χ0n) is 18.5. The first kappa shape index (κ1) is 24.1. The number of ether oxygens (including phenoxy) is 2. The fraction of sp³-hybridized carbons (Fsp3) is 0.120. The normalized spacial score (nSPS) is 12.7. The Balaban J connectivity index is 1.33. The molecule has 11 heteroatoms. The highest BCUT2D eigenvalue weighted by molar-refractivity contribution is 7.18. The number of anilines is 1. The summed E-state index contributed by atoms with van der Waals surface area (Å²) in [6.45, 7) is 0.174. The van der Waals surface area contributed by atoms with Crippen LogP contribution in [0.5, 0.6) is 11.5 Å². The third kappa shape index (κ3) is 5.43. The molecule has 0 saturated carbocycles. The van der Waals surface area contributed by atoms with E-state index in [2.05, 4.69) is 20.8 Å². The van der Waals surface area contributed by atoms with Gasteiger partial charge in [-0.05, 0) is 42.0 Å². The molecule has 0 aliphatic carbocycles. The number of amides is 2. The number of aromatic nitrogens is 2. The summed E-state index contributed by atoms with van der Waals surface area (Å²) in [4.78, 5) is 26.1. The SMILES string of the molecule is O=C(NC(Cc1ccccc1)C(=O)Nc1nnc(-c2ccc3c(c2)OCO3)s1)c1ccc(Cl)c(Cl)c1. The molecular formula is C25H18Cl2N4O4S. The van der Waals surface area contributed by atoms with Crippen molar-refractivity contribution < 1.29 is 19.1 Å². The van der Waals surface area contributed by atoms with Crippen LogP contribution in [0.25, 0.3) is 10.6 Å². The van der Waals surface area contributed by atoms with Crippen LogP contribution in [0.15, 0.2) is 66.7 Å². The van der Waals surface area contributed by atoms with Gasteiger partial charge in [0, 0.05) is 17.5 Å². The Labute approximate surface area is 220 Å². The smallest absolute Gasteiger partial charge is 0.251 e. The molecular weight excluding hydrogens is 523 g/mol. The molecule has 1 unspecified atom stereocenters. The van der Waals surface area contributed by atoms with Crippen molar-refractivity contribution in [3.8, 4) is 22.1 Å². The van der Waals surface area contributed by atoms with Gasteiger partial charge in [0.05, 0.1) is 10.0 Å². The second-order valence-corrected chi connectivity index (χ2v) is 9.61. The third-order valence-corrected chi connectivity index (χ3v) is 6.99. The van der Waals surface area contributed by atoms with Crippen molar-refractivity contribution in [3.63, 3.8) is 0 Å². The molecule has 1 aromatic heterocycles. The molecule has 0 bridgehead atoms. The first-order valence-electron chi connectivity index (χ1n) is 10.8. The summed E-state index contributed by atoms with van der Waals surface area (Å²) < 4.78 is 10.8. The largest absolute Gasteiger partial charge is 0.454 e. The van der Waals surface area contributed by atoms with E-state index in [-0.39, 0.29) is 23.8 Å². The van der Waals surface area contributed by atoms with Gasteiger partial charge in [-0.15, -0.1) is 10.2 Å². The molecule has 0 fully saturated rings. The van der Waals surface area contributed by atoms with Gasteiger partial charge in [0.1, 0.15) is 11.0 Å². The van der Waals surface area contributed by atoms with Gasteiger partial charge in [0.25, 0.3) is 5.91 Å². The molecule has 2 N–H and O–H groups in total. The van der Waals surface area contributed by atoms with E-state index < -0.39 is 17.9 Å². The van der Waals surface area contributed by atoms with Crippen LogP contribution in [0.4, 0.5) is 5.13 Å². The lowest BCUT2D eigenvalue weighted by Crippen LogP contribution is -2.45. The molecule has 2 amide bonds. The van der Waals surface area contributed by atoms with Crippen LogP contribution in [-0.2, 0) is 11.2 Å². The highest BCUT2D eigenvalue weighted by atomic mass is 35.5. The fourth-order valence-corrected chi connectivity index (χ4v) is 4.59. The van der Waals surface area contributed by atoms with Gasteiger partial charge in [-0.1, -0.05) is 64.9 Å². The fourth-order valence-electron chi connectivity index (χ4n) is 3.55. The number of rotatable bonds is 7. The van der Waals surface area contributed by atoms with Crippen molar-refractivity contribution in [3.05, 3.63) is 87.9 Å². The Kier molecular flexibility index (Phi) is 7.04. The van der Waals surface area contributed by atoms with Crippen LogP contribution in [-0.4, -0.2) is 34.8 Å². The van der Waals surface area contributed by atoms with Gasteiger partial charge in [-0.25, -0.2) is 0 Å². The Bertz CT molecular complexity index is 1430. The van der Waals surface area contributed by atoms with Crippen molar-refractivity contribution in [2.24, 2.45) is 0 Å². The van der Waals surface area contributed by atoms with Gasteiger partial charge < -0.3 is 14.8 Å². The van der Waals surface area contributed by atoms with Crippen molar-refractivity contribution in [2.45, 2.75) is 12.5 Å². The molecule has 0 spiro atoms. The summed E-state index contributed by atoms with van der Waals surface area (Å²) in [5.74, 6) is 0.406. The van der Waals surface area contributed by atoms with Crippen LogP contribution in [0.2, 0.25) is 10.0 Å². The van der Waals surface area contributed by atoms with E-state index in [9.17, 15) is 9.59 Å². The van der Waals surface area contributed by atoms with E-state index in [1.165, 1.54) is 23.5 Å². The van der Waals surface area contributed by atoms with E-state index in [1.807, 2.05) is 42.5 Å². The van der Waals surface area contributed by atoms with Crippen molar-refractivity contribution >= 4 is 51.5 Å². The van der Waals surface area contributed by atoms with Crippen LogP contribution in [0, 0.1) is 0 Å². The predicted octanol–water partition coefficient (Wildman–Crippen LogP) is 5.22. The molecule has 5 rings (SSSR count). The number of carbonyl (C=O) groups is 2. The van der Waals surface area contributed by atoms with Gasteiger partial charge in [-0.3, -0.25) is 14.9 Å². The Morgan fingerprint density at radius 2 is 1.75 bits per heavy atom. The highest BCUT2D eigenvalue weighted by Gasteiger charge is 2.24. The summed E-state index contributed by atoms with van der Waals surface area (Å²) in [5, 5.41) is 15.3. The molecule has 36 heavy (non-hydrogen) atoms. The van der Waals surface area contributed by atoms with Gasteiger partial charge >= 0.3 is 0 Å². The van der Waals surface area contributed by atoms with Crippen LogP contribution in [0.1, 0.15) is 15.9 Å². The maximum atomic E-state index is 13.2. The lowest BCUT2D eigenvalue weighted by atomic mass is 10.0. The number of hydrogen-bond acceptors (Lipinski definition) is 7. The van der Waals surface area contributed by atoms with E-state index in [1.54, 1.807) is 12.1 Å². The maximum absolute atomic E-state index is 13.2. The molecule has 1 aliphatic heterocycles. The number of nitrogens with zero attached hydrogens (tertiary/aromatic N) is 2. The van der Waals surface area contributed by atoms with Crippen molar-refractivity contribution in [1.82, 2.24) is 15.5 Å². The molecule has 1 aliphatic rings. The quantitative estimate of drug-likeness (QED) is 0.333. The zero-order valence-corrected chi connectivity index (χ0v) is 20.9. The average molecular weight is 541 g/mol.